The van der Waals surface area contributed by atoms with Crippen molar-refractivity contribution in [1.82, 2.24) is 4.90 Å². The molecule has 3 unspecified atom stereocenters. The van der Waals surface area contributed by atoms with E-state index in [2.05, 4.69) is 11.8 Å². The predicted octanol–water partition coefficient (Wildman–Crippen LogP) is 3.11. The van der Waals surface area contributed by atoms with E-state index in [1.807, 2.05) is 0 Å². The minimum absolute atomic E-state index is 0. The molecular weight excluding hydrogens is 272 g/mol. The van der Waals surface area contributed by atoms with Gasteiger partial charge in [0.2, 0.25) is 5.91 Å². The van der Waals surface area contributed by atoms with E-state index >= 15 is 0 Å². The number of carbonyl (C=O) groups is 1. The molecule has 2 aliphatic carbocycles. The Balaban J connectivity index is 0.00000147. The first kappa shape index (κ1) is 16.1. The van der Waals surface area contributed by atoms with Gasteiger partial charge in [0.15, 0.2) is 0 Å². The molecule has 0 aromatic rings. The van der Waals surface area contributed by atoms with Gasteiger partial charge in [-0.05, 0) is 50.9 Å². The number of carbonyl (C=O) groups excluding carboxylic acids is 1. The van der Waals surface area contributed by atoms with E-state index in [1.165, 1.54) is 38.5 Å². The lowest BCUT2D eigenvalue weighted by Gasteiger charge is -2.34. The first-order valence-electron chi connectivity index (χ1n) is 8.23. The van der Waals surface area contributed by atoms with Gasteiger partial charge in [0.05, 0.1) is 0 Å². The van der Waals surface area contributed by atoms with Crippen LogP contribution in [0.2, 0.25) is 0 Å². The zero-order chi connectivity index (χ0) is 13.4. The number of rotatable bonds is 2. The summed E-state index contributed by atoms with van der Waals surface area (Å²) in [6, 6.07) is 1.27. The lowest BCUT2D eigenvalue weighted by atomic mass is 9.84. The van der Waals surface area contributed by atoms with Crippen LogP contribution in [0.15, 0.2) is 0 Å². The summed E-state index contributed by atoms with van der Waals surface area (Å²) < 4.78 is 0. The fraction of sp³-hybridized carbons (Fsp3) is 0.938. The molecule has 0 aromatic carbocycles. The third-order valence-electron chi connectivity index (χ3n) is 5.79. The van der Waals surface area contributed by atoms with Crippen LogP contribution in [0.25, 0.3) is 0 Å². The Morgan fingerprint density at radius 2 is 1.90 bits per heavy atom. The van der Waals surface area contributed by atoms with Crippen molar-refractivity contribution in [2.24, 2.45) is 17.6 Å². The summed E-state index contributed by atoms with van der Waals surface area (Å²) in [6.45, 7) is 2.24. The highest BCUT2D eigenvalue weighted by Gasteiger charge is 2.43. The molecule has 1 saturated heterocycles. The quantitative estimate of drug-likeness (QED) is 0.852. The molecule has 3 aliphatic rings. The molecule has 2 saturated carbocycles. The summed E-state index contributed by atoms with van der Waals surface area (Å²) in [5.41, 5.74) is 6.12. The van der Waals surface area contributed by atoms with Gasteiger partial charge in [0.25, 0.3) is 0 Å². The second kappa shape index (κ2) is 6.65. The lowest BCUT2D eigenvalue weighted by Crippen LogP contribution is -2.43. The van der Waals surface area contributed by atoms with Crippen molar-refractivity contribution >= 4 is 18.3 Å². The Labute approximate surface area is 129 Å². The zero-order valence-corrected chi connectivity index (χ0v) is 13.4. The summed E-state index contributed by atoms with van der Waals surface area (Å²) in [4.78, 5) is 14.9. The van der Waals surface area contributed by atoms with Crippen LogP contribution in [0.1, 0.15) is 64.7 Å². The van der Waals surface area contributed by atoms with Gasteiger partial charge in [0.1, 0.15) is 0 Å². The maximum Gasteiger partial charge on any atom is 0.223 e. The maximum atomic E-state index is 12.7. The van der Waals surface area contributed by atoms with Crippen LogP contribution in [0.3, 0.4) is 0 Å². The van der Waals surface area contributed by atoms with E-state index in [1.54, 1.807) is 0 Å². The van der Waals surface area contributed by atoms with E-state index < -0.39 is 0 Å². The summed E-state index contributed by atoms with van der Waals surface area (Å²) in [7, 11) is 0. The van der Waals surface area contributed by atoms with Crippen molar-refractivity contribution in [3.63, 3.8) is 0 Å². The average Bonchev–Trinajstić information content (AvgIpc) is 2.92. The van der Waals surface area contributed by atoms with Gasteiger partial charge in [-0.3, -0.25) is 4.79 Å². The molecule has 5 atom stereocenters. The molecule has 2 N–H and O–H groups in total. The van der Waals surface area contributed by atoms with Crippen LogP contribution in [-0.4, -0.2) is 28.9 Å². The van der Waals surface area contributed by atoms with Crippen molar-refractivity contribution in [3.05, 3.63) is 0 Å². The summed E-state index contributed by atoms with van der Waals surface area (Å²) in [5, 5.41) is 0. The molecule has 4 heteroatoms. The molecule has 1 heterocycles. The van der Waals surface area contributed by atoms with E-state index in [0.29, 0.717) is 30.3 Å². The second-order valence-electron chi connectivity index (χ2n) is 7.06. The van der Waals surface area contributed by atoms with E-state index in [4.69, 9.17) is 5.73 Å². The normalized spacial score (nSPS) is 40.3. The Morgan fingerprint density at radius 3 is 2.60 bits per heavy atom. The molecule has 0 aromatic heterocycles. The topological polar surface area (TPSA) is 46.3 Å². The van der Waals surface area contributed by atoms with Gasteiger partial charge in [0, 0.05) is 24.5 Å². The molecular formula is C16H29ClN2O. The number of hydrogen-bond donors (Lipinski definition) is 1. The van der Waals surface area contributed by atoms with Gasteiger partial charge in [-0.15, -0.1) is 12.4 Å². The van der Waals surface area contributed by atoms with Crippen LogP contribution in [0.5, 0.6) is 0 Å². The molecule has 116 valence electrons. The number of nitrogens with zero attached hydrogens (tertiary/aromatic N) is 1. The predicted molar refractivity (Wildman–Crippen MR) is 83.9 cm³/mol. The number of fused-ring (bicyclic) bond motifs is 1. The molecule has 0 bridgehead atoms. The van der Waals surface area contributed by atoms with Gasteiger partial charge < -0.3 is 10.6 Å². The van der Waals surface area contributed by atoms with Crippen LogP contribution >= 0.6 is 12.4 Å². The van der Waals surface area contributed by atoms with Gasteiger partial charge in [-0.25, -0.2) is 0 Å². The Hall–Kier alpha value is -0.280. The number of halogens is 1. The van der Waals surface area contributed by atoms with E-state index in [-0.39, 0.29) is 18.4 Å². The summed E-state index contributed by atoms with van der Waals surface area (Å²) in [6.07, 6.45) is 10.6. The van der Waals surface area contributed by atoms with Crippen molar-refractivity contribution in [3.8, 4) is 0 Å². The maximum absolute atomic E-state index is 12.7. The van der Waals surface area contributed by atoms with Crippen molar-refractivity contribution in [1.29, 1.82) is 0 Å². The highest BCUT2D eigenvalue weighted by Crippen LogP contribution is 2.40. The SMILES string of the molecule is CC1CC2CCCCC2N1C(=O)C[C@@H]1CCC[C@H]1N.Cl. The molecule has 3 rings (SSSR count). The standard InChI is InChI=1S/C16H28N2O.ClH/c1-11-9-13-5-2-3-8-15(13)18(11)16(19)10-12-6-4-7-14(12)17;/h11-15H,2-10,17H2,1H3;1H/t11?,12-,13?,14+,15?;/m0./s1. The third-order valence-corrected chi connectivity index (χ3v) is 5.79. The zero-order valence-electron chi connectivity index (χ0n) is 12.6. The monoisotopic (exact) mass is 300 g/mol. The molecule has 3 nitrogen and oxygen atoms in total. The Bertz CT molecular complexity index is 349. The summed E-state index contributed by atoms with van der Waals surface area (Å²) in [5.74, 6) is 1.62. The molecule has 0 radical (unpaired) electrons. The third kappa shape index (κ3) is 2.99. The number of nitrogens with two attached hydrogens (primary N) is 1. The number of hydrogen-bond acceptors (Lipinski definition) is 2. The van der Waals surface area contributed by atoms with Gasteiger partial charge in [-0.1, -0.05) is 19.3 Å². The minimum atomic E-state index is 0. The van der Waals surface area contributed by atoms with E-state index in [9.17, 15) is 4.79 Å². The van der Waals surface area contributed by atoms with E-state index in [0.717, 1.165) is 18.8 Å². The highest BCUT2D eigenvalue weighted by molar-refractivity contribution is 5.85. The fourth-order valence-electron chi connectivity index (χ4n) is 4.79. The van der Waals surface area contributed by atoms with Gasteiger partial charge in [-0.2, -0.15) is 0 Å². The van der Waals surface area contributed by atoms with Crippen molar-refractivity contribution in [2.45, 2.75) is 82.8 Å². The number of likely N-dealkylation sites (tertiary alicyclic amines) is 1. The minimum Gasteiger partial charge on any atom is -0.337 e. The molecule has 1 aliphatic heterocycles. The average molecular weight is 301 g/mol. The van der Waals surface area contributed by atoms with Crippen molar-refractivity contribution < 1.29 is 4.79 Å². The van der Waals surface area contributed by atoms with Crippen LogP contribution in [0, 0.1) is 11.8 Å². The lowest BCUT2D eigenvalue weighted by molar-refractivity contribution is -0.135. The summed E-state index contributed by atoms with van der Waals surface area (Å²) >= 11 is 0. The highest BCUT2D eigenvalue weighted by atomic mass is 35.5. The van der Waals surface area contributed by atoms with Crippen LogP contribution in [0.4, 0.5) is 0 Å². The first-order chi connectivity index (χ1) is 9.16. The number of amides is 1. The largest absolute Gasteiger partial charge is 0.337 e. The smallest absolute Gasteiger partial charge is 0.223 e. The molecule has 1 amide bonds. The van der Waals surface area contributed by atoms with Gasteiger partial charge >= 0.3 is 0 Å². The molecule has 0 spiro atoms. The molecule has 3 fully saturated rings. The fourth-order valence-corrected chi connectivity index (χ4v) is 4.79. The Kier molecular flexibility index (Phi) is 5.36. The Morgan fingerprint density at radius 1 is 1.15 bits per heavy atom. The molecule has 20 heavy (non-hydrogen) atoms. The van der Waals surface area contributed by atoms with Crippen LogP contribution < -0.4 is 5.73 Å². The first-order valence-corrected chi connectivity index (χ1v) is 8.23. The second-order valence-corrected chi connectivity index (χ2v) is 7.06. The van der Waals surface area contributed by atoms with Crippen LogP contribution in [-0.2, 0) is 4.79 Å². The van der Waals surface area contributed by atoms with Crippen molar-refractivity contribution in [2.75, 3.05) is 0 Å².